The monoisotopic (exact) mass is 281 g/mol. The maximum atomic E-state index is 5.53. The van der Waals surface area contributed by atoms with Crippen LogP contribution in [-0.4, -0.2) is 27.1 Å². The highest BCUT2D eigenvalue weighted by Gasteiger charge is 2.23. The van der Waals surface area contributed by atoms with Crippen LogP contribution in [0.5, 0.6) is 0 Å². The quantitative estimate of drug-likeness (QED) is 0.738. The molecule has 1 aromatic rings. The van der Waals surface area contributed by atoms with Gasteiger partial charge >= 0.3 is 0 Å². The Morgan fingerprint density at radius 3 is 2.22 bits per heavy atom. The zero-order chi connectivity index (χ0) is 13.6. The first-order valence-corrected chi connectivity index (χ1v) is 7.73. The molecule has 0 atom stereocenters. The summed E-state index contributed by atoms with van der Waals surface area (Å²) in [7, 11) is 0. The third-order valence-electron chi connectivity index (χ3n) is 2.86. The van der Waals surface area contributed by atoms with Gasteiger partial charge < -0.3 is 4.90 Å². The Labute approximate surface area is 121 Å². The highest BCUT2D eigenvalue weighted by atomic mass is 32.2. The van der Waals surface area contributed by atoms with E-state index in [1.54, 1.807) is 0 Å². The maximum Gasteiger partial charge on any atom is 0.136 e. The van der Waals surface area contributed by atoms with E-state index in [1.807, 2.05) is 11.8 Å². The van der Waals surface area contributed by atoms with E-state index in [0.717, 1.165) is 23.8 Å². The lowest BCUT2D eigenvalue weighted by molar-refractivity contribution is 0.481. The van der Waals surface area contributed by atoms with Crippen molar-refractivity contribution >= 4 is 28.3 Å². The SMILES string of the molecule is CCN(CC)C(=S)SC(C)(C)Cc1ccccc1. The molecule has 0 bridgehead atoms. The van der Waals surface area contributed by atoms with Crippen LogP contribution >= 0.6 is 24.0 Å². The Balaban J connectivity index is 2.62. The lowest BCUT2D eigenvalue weighted by atomic mass is 10.0. The summed E-state index contributed by atoms with van der Waals surface area (Å²) in [6.45, 7) is 10.8. The molecule has 0 aromatic heterocycles. The summed E-state index contributed by atoms with van der Waals surface area (Å²) in [4.78, 5) is 2.24. The van der Waals surface area contributed by atoms with Gasteiger partial charge in [-0.25, -0.2) is 0 Å². The molecule has 0 spiro atoms. The number of benzene rings is 1. The summed E-state index contributed by atoms with van der Waals surface area (Å²) in [5.41, 5.74) is 1.37. The lowest BCUT2D eigenvalue weighted by Gasteiger charge is -2.29. The molecule has 1 rings (SSSR count). The van der Waals surface area contributed by atoms with Crippen LogP contribution in [0.15, 0.2) is 30.3 Å². The number of thioether (sulfide) groups is 1. The zero-order valence-electron chi connectivity index (χ0n) is 11.8. The predicted molar refractivity (Wildman–Crippen MR) is 87.3 cm³/mol. The fraction of sp³-hybridized carbons (Fsp3) is 0.533. The molecule has 18 heavy (non-hydrogen) atoms. The van der Waals surface area contributed by atoms with E-state index in [-0.39, 0.29) is 4.75 Å². The van der Waals surface area contributed by atoms with Crippen molar-refractivity contribution in [1.29, 1.82) is 0 Å². The number of hydrogen-bond donors (Lipinski definition) is 0. The van der Waals surface area contributed by atoms with E-state index in [4.69, 9.17) is 12.2 Å². The Kier molecular flexibility index (Phi) is 6.16. The van der Waals surface area contributed by atoms with Gasteiger partial charge in [-0.1, -0.05) is 54.3 Å². The van der Waals surface area contributed by atoms with E-state index in [1.165, 1.54) is 5.56 Å². The minimum Gasteiger partial charge on any atom is -0.358 e. The predicted octanol–water partition coefficient (Wildman–Crippen LogP) is 4.37. The fourth-order valence-corrected chi connectivity index (χ4v) is 3.94. The lowest BCUT2D eigenvalue weighted by Crippen LogP contribution is -2.31. The molecular formula is C15H23NS2. The number of thiocarbonyl (C=S) groups is 1. The molecule has 0 saturated carbocycles. The Morgan fingerprint density at radius 2 is 1.72 bits per heavy atom. The van der Waals surface area contributed by atoms with Gasteiger partial charge in [-0.3, -0.25) is 0 Å². The van der Waals surface area contributed by atoms with Gasteiger partial charge in [0.15, 0.2) is 0 Å². The molecule has 3 heteroatoms. The third-order valence-corrected chi connectivity index (χ3v) is 4.50. The third kappa shape index (κ3) is 4.99. The van der Waals surface area contributed by atoms with Crippen LogP contribution in [0.1, 0.15) is 33.3 Å². The molecule has 0 aliphatic carbocycles. The Morgan fingerprint density at radius 1 is 1.17 bits per heavy atom. The maximum absolute atomic E-state index is 5.53. The van der Waals surface area contributed by atoms with Gasteiger partial charge in [0.1, 0.15) is 4.32 Å². The molecule has 100 valence electrons. The van der Waals surface area contributed by atoms with E-state index in [9.17, 15) is 0 Å². The summed E-state index contributed by atoms with van der Waals surface area (Å²) >= 11 is 7.34. The highest BCUT2D eigenvalue weighted by Crippen LogP contribution is 2.30. The average molecular weight is 281 g/mol. The smallest absolute Gasteiger partial charge is 0.136 e. The molecule has 0 N–H and O–H groups in total. The summed E-state index contributed by atoms with van der Waals surface area (Å²) < 4.78 is 1.15. The Hall–Kier alpha value is -0.540. The normalized spacial score (nSPS) is 11.3. The van der Waals surface area contributed by atoms with Crippen LogP contribution in [0.4, 0.5) is 0 Å². The van der Waals surface area contributed by atoms with E-state index < -0.39 is 0 Å². The van der Waals surface area contributed by atoms with E-state index >= 15 is 0 Å². The van der Waals surface area contributed by atoms with Gasteiger partial charge in [-0.2, -0.15) is 0 Å². The van der Waals surface area contributed by atoms with Crippen molar-refractivity contribution < 1.29 is 0 Å². The van der Waals surface area contributed by atoms with Gasteiger partial charge in [0.25, 0.3) is 0 Å². The topological polar surface area (TPSA) is 3.24 Å². The van der Waals surface area contributed by atoms with Crippen LogP contribution in [0.25, 0.3) is 0 Å². The van der Waals surface area contributed by atoms with Crippen molar-refractivity contribution in [2.24, 2.45) is 0 Å². The first-order chi connectivity index (χ1) is 8.48. The van der Waals surface area contributed by atoms with Crippen molar-refractivity contribution in [2.75, 3.05) is 13.1 Å². The van der Waals surface area contributed by atoms with Gasteiger partial charge in [0, 0.05) is 17.8 Å². The van der Waals surface area contributed by atoms with Crippen LogP contribution in [0.3, 0.4) is 0 Å². The van der Waals surface area contributed by atoms with Crippen LogP contribution in [0, 0.1) is 0 Å². The van der Waals surface area contributed by atoms with Crippen LogP contribution in [0.2, 0.25) is 0 Å². The molecule has 0 aliphatic rings. The Bertz CT molecular complexity index is 369. The first kappa shape index (κ1) is 15.5. The van der Waals surface area contributed by atoms with E-state index in [2.05, 4.69) is 62.9 Å². The largest absolute Gasteiger partial charge is 0.358 e. The van der Waals surface area contributed by atoms with E-state index in [0.29, 0.717) is 0 Å². The molecule has 1 aromatic carbocycles. The summed E-state index contributed by atoms with van der Waals surface area (Å²) in [5.74, 6) is 0. The molecule has 1 nitrogen and oxygen atoms in total. The zero-order valence-corrected chi connectivity index (χ0v) is 13.4. The van der Waals surface area contributed by atoms with Crippen LogP contribution < -0.4 is 0 Å². The molecule has 0 saturated heterocycles. The number of rotatable bonds is 5. The fourth-order valence-electron chi connectivity index (χ4n) is 1.91. The van der Waals surface area contributed by atoms with Crippen molar-refractivity contribution in [3.8, 4) is 0 Å². The van der Waals surface area contributed by atoms with Gasteiger partial charge in [-0.05, 0) is 39.7 Å². The second-order valence-corrected chi connectivity index (χ2v) is 7.30. The molecule has 0 aliphatic heterocycles. The highest BCUT2D eigenvalue weighted by molar-refractivity contribution is 8.23. The van der Waals surface area contributed by atoms with Gasteiger partial charge in [0.05, 0.1) is 0 Å². The molecule has 0 radical (unpaired) electrons. The van der Waals surface area contributed by atoms with Crippen molar-refractivity contribution in [3.05, 3.63) is 35.9 Å². The molecule has 0 unspecified atom stereocenters. The van der Waals surface area contributed by atoms with Gasteiger partial charge in [-0.15, -0.1) is 0 Å². The molecule has 0 amide bonds. The van der Waals surface area contributed by atoms with Crippen molar-refractivity contribution in [1.82, 2.24) is 4.90 Å². The minimum absolute atomic E-state index is 0.140. The molecule has 0 heterocycles. The minimum atomic E-state index is 0.140. The summed E-state index contributed by atoms with van der Waals surface area (Å²) in [5, 5.41) is 0. The van der Waals surface area contributed by atoms with Crippen molar-refractivity contribution in [3.63, 3.8) is 0 Å². The van der Waals surface area contributed by atoms with Crippen molar-refractivity contribution in [2.45, 2.75) is 38.9 Å². The standard InChI is InChI=1S/C15H23NS2/c1-5-16(6-2)14(17)18-15(3,4)12-13-10-8-7-9-11-13/h7-11H,5-6,12H2,1-4H3. The summed E-state index contributed by atoms with van der Waals surface area (Å²) in [6.07, 6.45) is 1.04. The van der Waals surface area contributed by atoms with Gasteiger partial charge in [0.2, 0.25) is 0 Å². The molecular weight excluding hydrogens is 258 g/mol. The second kappa shape index (κ2) is 7.15. The summed E-state index contributed by atoms with van der Waals surface area (Å²) in [6, 6.07) is 10.6. The molecule has 0 fully saturated rings. The number of nitrogens with zero attached hydrogens (tertiary/aromatic N) is 1. The first-order valence-electron chi connectivity index (χ1n) is 6.50. The average Bonchev–Trinajstić information content (AvgIpc) is 2.30. The second-order valence-electron chi connectivity index (χ2n) is 4.96. The number of hydrogen-bond acceptors (Lipinski definition) is 2. The van der Waals surface area contributed by atoms with Crippen LogP contribution in [-0.2, 0) is 6.42 Å².